The summed E-state index contributed by atoms with van der Waals surface area (Å²) in [6, 6.07) is 5.25. The first kappa shape index (κ1) is 19.5. The predicted octanol–water partition coefficient (Wildman–Crippen LogP) is 0.988. The molecule has 0 unspecified atom stereocenters. The van der Waals surface area contributed by atoms with E-state index in [0.717, 1.165) is 0 Å². The molecule has 8 heteroatoms. The maximum atomic E-state index is 12.2. The predicted molar refractivity (Wildman–Crippen MR) is 94.0 cm³/mol. The lowest BCUT2D eigenvalue weighted by atomic mass is 10.2. The highest BCUT2D eigenvalue weighted by Crippen LogP contribution is 2.10. The van der Waals surface area contributed by atoms with Gasteiger partial charge in [-0.05, 0) is 25.5 Å². The molecule has 1 aromatic heterocycles. The quantitative estimate of drug-likeness (QED) is 0.422. The van der Waals surface area contributed by atoms with E-state index in [0.29, 0.717) is 58.1 Å². The van der Waals surface area contributed by atoms with Gasteiger partial charge >= 0.3 is 0 Å². The Morgan fingerprint density at radius 1 is 1.38 bits per heavy atom. The zero-order chi connectivity index (χ0) is 18.8. The van der Waals surface area contributed by atoms with Crippen LogP contribution in [-0.2, 0) is 9.53 Å². The molecular weight excluding hydrogens is 336 g/mol. The van der Waals surface area contributed by atoms with Crippen LogP contribution in [-0.4, -0.2) is 67.6 Å². The second kappa shape index (κ2) is 10.3. The number of rotatable bonds is 8. The van der Waals surface area contributed by atoms with Crippen molar-refractivity contribution in [3.05, 3.63) is 35.9 Å². The molecule has 1 N–H and O–H groups in total. The molecule has 0 bridgehead atoms. The van der Waals surface area contributed by atoms with Crippen molar-refractivity contribution in [3.8, 4) is 6.07 Å². The Morgan fingerprint density at radius 3 is 2.77 bits per heavy atom. The average Bonchev–Trinajstić information content (AvgIpc) is 3.20. The summed E-state index contributed by atoms with van der Waals surface area (Å²) in [5.41, 5.74) is 0.0622. The molecule has 0 aliphatic carbocycles. The molecule has 2 heterocycles. The fraction of sp³-hybridized carbons (Fsp3) is 0.500. The van der Waals surface area contributed by atoms with Gasteiger partial charge in [0.1, 0.15) is 11.6 Å². The second-order valence-corrected chi connectivity index (χ2v) is 5.77. The third-order valence-electron chi connectivity index (χ3n) is 3.97. The molecule has 2 amide bonds. The molecule has 0 radical (unpaired) electrons. The SMILES string of the molecule is CCOCCCNC(=O)/C(C#N)=C\N1CCN(C(=O)c2ccco2)CC1. The number of piperazine rings is 1. The van der Waals surface area contributed by atoms with Crippen LogP contribution in [0.1, 0.15) is 23.9 Å². The third-order valence-corrected chi connectivity index (χ3v) is 3.97. The normalized spacial score (nSPS) is 14.8. The summed E-state index contributed by atoms with van der Waals surface area (Å²) >= 11 is 0. The second-order valence-electron chi connectivity index (χ2n) is 5.77. The van der Waals surface area contributed by atoms with Gasteiger partial charge in [0.2, 0.25) is 0 Å². The highest BCUT2D eigenvalue weighted by molar-refractivity contribution is 5.97. The van der Waals surface area contributed by atoms with Crippen LogP contribution >= 0.6 is 0 Å². The van der Waals surface area contributed by atoms with E-state index in [-0.39, 0.29) is 11.5 Å². The lowest BCUT2D eigenvalue weighted by Crippen LogP contribution is -2.47. The number of nitriles is 1. The number of carbonyl (C=O) groups excluding carboxylic acids is 2. The fourth-order valence-electron chi connectivity index (χ4n) is 2.55. The molecule has 1 fully saturated rings. The van der Waals surface area contributed by atoms with Gasteiger partial charge in [-0.3, -0.25) is 9.59 Å². The van der Waals surface area contributed by atoms with Crippen LogP contribution in [0.2, 0.25) is 0 Å². The van der Waals surface area contributed by atoms with E-state index in [1.165, 1.54) is 6.26 Å². The Balaban J connectivity index is 1.80. The summed E-state index contributed by atoms with van der Waals surface area (Å²) in [4.78, 5) is 27.9. The van der Waals surface area contributed by atoms with Crippen molar-refractivity contribution in [1.82, 2.24) is 15.1 Å². The minimum absolute atomic E-state index is 0.0622. The Bertz CT molecular complexity index is 655. The summed E-state index contributed by atoms with van der Waals surface area (Å²) in [5.74, 6) is -0.220. The van der Waals surface area contributed by atoms with E-state index in [2.05, 4.69) is 5.32 Å². The van der Waals surface area contributed by atoms with Crippen molar-refractivity contribution in [3.63, 3.8) is 0 Å². The smallest absolute Gasteiger partial charge is 0.289 e. The van der Waals surface area contributed by atoms with E-state index < -0.39 is 5.91 Å². The number of hydrogen-bond acceptors (Lipinski definition) is 6. The molecule has 26 heavy (non-hydrogen) atoms. The Hall–Kier alpha value is -2.79. The van der Waals surface area contributed by atoms with Crippen molar-refractivity contribution >= 4 is 11.8 Å². The summed E-state index contributed by atoms with van der Waals surface area (Å²) in [7, 11) is 0. The van der Waals surface area contributed by atoms with Crippen LogP contribution in [0.25, 0.3) is 0 Å². The maximum absolute atomic E-state index is 12.2. The number of nitrogens with zero attached hydrogens (tertiary/aromatic N) is 3. The minimum Gasteiger partial charge on any atom is -0.459 e. The van der Waals surface area contributed by atoms with E-state index in [1.807, 2.05) is 17.9 Å². The van der Waals surface area contributed by atoms with Gasteiger partial charge in [0, 0.05) is 52.1 Å². The van der Waals surface area contributed by atoms with Gasteiger partial charge in [0.15, 0.2) is 5.76 Å². The highest BCUT2D eigenvalue weighted by Gasteiger charge is 2.23. The molecule has 2 rings (SSSR count). The van der Waals surface area contributed by atoms with Crippen LogP contribution in [0.5, 0.6) is 0 Å². The topological polar surface area (TPSA) is 98.8 Å². The summed E-state index contributed by atoms with van der Waals surface area (Å²) < 4.78 is 10.3. The zero-order valence-electron chi connectivity index (χ0n) is 14.9. The number of amides is 2. The summed E-state index contributed by atoms with van der Waals surface area (Å²) in [6.07, 6.45) is 3.73. The standard InChI is InChI=1S/C18H24N4O4/c1-2-25-11-4-6-20-17(23)15(13-19)14-21-7-9-22(10-8-21)18(24)16-5-3-12-26-16/h3,5,12,14H,2,4,6-11H2,1H3,(H,20,23)/b15-14-. The molecular formula is C18H24N4O4. The van der Waals surface area contributed by atoms with Crippen LogP contribution in [0.4, 0.5) is 0 Å². The largest absolute Gasteiger partial charge is 0.459 e. The molecule has 0 saturated carbocycles. The van der Waals surface area contributed by atoms with E-state index in [4.69, 9.17) is 9.15 Å². The van der Waals surface area contributed by atoms with Crippen LogP contribution < -0.4 is 5.32 Å². The number of carbonyl (C=O) groups is 2. The first-order valence-electron chi connectivity index (χ1n) is 8.70. The molecule has 140 valence electrons. The van der Waals surface area contributed by atoms with Crippen LogP contribution in [0.15, 0.2) is 34.6 Å². The van der Waals surface area contributed by atoms with Crippen LogP contribution in [0.3, 0.4) is 0 Å². The fourth-order valence-corrected chi connectivity index (χ4v) is 2.55. The van der Waals surface area contributed by atoms with Gasteiger partial charge in [-0.1, -0.05) is 0 Å². The maximum Gasteiger partial charge on any atom is 0.289 e. The molecule has 1 aliphatic heterocycles. The first-order chi connectivity index (χ1) is 12.7. The van der Waals surface area contributed by atoms with Gasteiger partial charge in [0.25, 0.3) is 11.8 Å². The summed E-state index contributed by atoms with van der Waals surface area (Å²) in [6.45, 7) is 5.71. The number of hydrogen-bond donors (Lipinski definition) is 1. The van der Waals surface area contributed by atoms with Crippen molar-refractivity contribution in [2.24, 2.45) is 0 Å². The van der Waals surface area contributed by atoms with E-state index >= 15 is 0 Å². The molecule has 8 nitrogen and oxygen atoms in total. The average molecular weight is 360 g/mol. The Kier molecular flexibility index (Phi) is 7.71. The van der Waals surface area contributed by atoms with Crippen molar-refractivity contribution in [2.75, 3.05) is 45.9 Å². The van der Waals surface area contributed by atoms with Crippen molar-refractivity contribution in [1.29, 1.82) is 5.26 Å². The monoisotopic (exact) mass is 360 g/mol. The molecule has 0 aromatic carbocycles. The van der Waals surface area contributed by atoms with E-state index in [1.54, 1.807) is 23.2 Å². The van der Waals surface area contributed by atoms with E-state index in [9.17, 15) is 14.9 Å². The van der Waals surface area contributed by atoms with Gasteiger partial charge in [0.05, 0.1) is 6.26 Å². The molecule has 0 spiro atoms. The van der Waals surface area contributed by atoms with Crippen molar-refractivity contribution in [2.45, 2.75) is 13.3 Å². The highest BCUT2D eigenvalue weighted by atomic mass is 16.5. The van der Waals surface area contributed by atoms with Gasteiger partial charge in [-0.2, -0.15) is 5.26 Å². The first-order valence-corrected chi connectivity index (χ1v) is 8.70. The minimum atomic E-state index is -0.391. The zero-order valence-corrected chi connectivity index (χ0v) is 14.9. The lowest BCUT2D eigenvalue weighted by molar-refractivity contribution is -0.117. The third kappa shape index (κ3) is 5.63. The number of nitrogens with one attached hydrogen (secondary N) is 1. The lowest BCUT2D eigenvalue weighted by Gasteiger charge is -2.33. The van der Waals surface area contributed by atoms with Gasteiger partial charge in [-0.25, -0.2) is 0 Å². The van der Waals surface area contributed by atoms with Gasteiger partial charge in [-0.15, -0.1) is 0 Å². The molecule has 0 atom stereocenters. The Morgan fingerprint density at radius 2 is 2.15 bits per heavy atom. The molecule has 1 aliphatic rings. The molecule has 1 aromatic rings. The molecule has 1 saturated heterocycles. The number of ether oxygens (including phenoxy) is 1. The Labute approximate surface area is 153 Å². The van der Waals surface area contributed by atoms with Gasteiger partial charge < -0.3 is 24.3 Å². The number of furan rings is 1. The van der Waals surface area contributed by atoms with Crippen LogP contribution in [0, 0.1) is 11.3 Å². The summed E-state index contributed by atoms with van der Waals surface area (Å²) in [5, 5.41) is 11.9. The van der Waals surface area contributed by atoms with Crippen molar-refractivity contribution < 1.29 is 18.7 Å².